The van der Waals surface area contributed by atoms with Crippen molar-refractivity contribution >= 4 is 17.9 Å². The average molecular weight is 293 g/mol. The van der Waals surface area contributed by atoms with Gasteiger partial charge in [0.05, 0.1) is 11.8 Å². The normalized spacial score (nSPS) is 19.1. The van der Waals surface area contributed by atoms with Gasteiger partial charge in [-0.2, -0.15) is 5.10 Å². The number of carboxylic acid groups (broad SMARTS) is 1. The molecule has 1 unspecified atom stereocenters. The number of hydrogen-bond acceptors (Lipinski definition) is 4. The minimum Gasteiger partial charge on any atom is -0.478 e. The Morgan fingerprint density at radius 1 is 1.57 bits per heavy atom. The number of rotatable bonds is 5. The second kappa shape index (κ2) is 6.76. The van der Waals surface area contributed by atoms with Crippen LogP contribution < -0.4 is 4.90 Å². The Kier molecular flexibility index (Phi) is 5.01. The molecule has 21 heavy (non-hydrogen) atoms. The van der Waals surface area contributed by atoms with Gasteiger partial charge in [-0.1, -0.05) is 0 Å². The van der Waals surface area contributed by atoms with E-state index in [1.54, 1.807) is 10.8 Å². The number of aromatic nitrogens is 2. The van der Waals surface area contributed by atoms with Gasteiger partial charge in [-0.15, -0.1) is 0 Å². The van der Waals surface area contributed by atoms with Crippen molar-refractivity contribution in [1.82, 2.24) is 9.78 Å². The van der Waals surface area contributed by atoms with E-state index in [9.17, 15) is 4.79 Å². The monoisotopic (exact) mass is 293 g/mol. The van der Waals surface area contributed by atoms with E-state index in [2.05, 4.69) is 10.00 Å². The van der Waals surface area contributed by atoms with Crippen molar-refractivity contribution in [3.63, 3.8) is 0 Å². The maximum absolute atomic E-state index is 10.7. The van der Waals surface area contributed by atoms with Gasteiger partial charge in [0, 0.05) is 38.9 Å². The molecule has 1 aromatic rings. The molecule has 1 aliphatic rings. The third kappa shape index (κ3) is 3.85. The van der Waals surface area contributed by atoms with Gasteiger partial charge in [0.15, 0.2) is 0 Å². The summed E-state index contributed by atoms with van der Waals surface area (Å²) in [5, 5.41) is 13.2. The quantitative estimate of drug-likeness (QED) is 0.839. The summed E-state index contributed by atoms with van der Waals surface area (Å²) in [5.74, 6) is -0.0401. The smallest absolute Gasteiger partial charge is 0.328 e. The summed E-state index contributed by atoms with van der Waals surface area (Å²) < 4.78 is 7.56. The van der Waals surface area contributed by atoms with E-state index in [-0.39, 0.29) is 6.10 Å². The molecule has 0 bridgehead atoms. The van der Waals surface area contributed by atoms with Crippen LogP contribution in [0.3, 0.4) is 0 Å². The molecular weight excluding hydrogens is 270 g/mol. The fourth-order valence-electron chi connectivity index (χ4n) is 2.81. The Balaban J connectivity index is 2.18. The topological polar surface area (TPSA) is 67.6 Å². The number of ether oxygens (including phenoxy) is 1. The maximum atomic E-state index is 10.7. The number of aliphatic carboxylic acids is 1. The number of carboxylic acids is 1. The highest BCUT2D eigenvalue weighted by atomic mass is 16.5. The van der Waals surface area contributed by atoms with Gasteiger partial charge >= 0.3 is 5.97 Å². The summed E-state index contributed by atoms with van der Waals surface area (Å²) in [7, 11) is 3.87. The minimum absolute atomic E-state index is 0.232. The lowest BCUT2D eigenvalue weighted by molar-refractivity contribution is -0.131. The van der Waals surface area contributed by atoms with E-state index >= 15 is 0 Å². The number of hydrogen-bond donors (Lipinski definition) is 1. The van der Waals surface area contributed by atoms with Crippen molar-refractivity contribution < 1.29 is 14.6 Å². The van der Waals surface area contributed by atoms with Gasteiger partial charge in [-0.25, -0.2) is 4.79 Å². The molecule has 6 heteroatoms. The molecule has 0 aromatic carbocycles. The van der Waals surface area contributed by atoms with Gasteiger partial charge in [0.25, 0.3) is 0 Å². The Morgan fingerprint density at radius 3 is 2.95 bits per heavy atom. The van der Waals surface area contributed by atoms with E-state index in [1.807, 2.05) is 21.0 Å². The van der Waals surface area contributed by atoms with Gasteiger partial charge in [-0.3, -0.25) is 4.68 Å². The summed E-state index contributed by atoms with van der Waals surface area (Å²) in [6, 6.07) is 0. The van der Waals surface area contributed by atoms with Crippen molar-refractivity contribution in [3.8, 4) is 0 Å². The van der Waals surface area contributed by atoms with E-state index in [1.165, 1.54) is 6.42 Å². The number of likely N-dealkylation sites (N-methyl/N-ethyl adjacent to an activating group) is 1. The average Bonchev–Trinajstić information content (AvgIpc) is 2.71. The van der Waals surface area contributed by atoms with Crippen LogP contribution in [0, 0.1) is 6.92 Å². The molecule has 0 saturated carbocycles. The SMILES string of the molecule is Cc1nn(C)c(N(C)CC2CCCCO2)c1C=CC(=O)O. The molecule has 0 spiro atoms. The summed E-state index contributed by atoms with van der Waals surface area (Å²) in [6.07, 6.45) is 6.40. The van der Waals surface area contributed by atoms with Crippen molar-refractivity contribution in [3.05, 3.63) is 17.3 Å². The molecule has 1 aromatic heterocycles. The molecule has 2 rings (SSSR count). The zero-order valence-electron chi connectivity index (χ0n) is 12.9. The third-order valence-electron chi connectivity index (χ3n) is 3.74. The first-order chi connectivity index (χ1) is 9.99. The Hall–Kier alpha value is -1.82. The fourth-order valence-corrected chi connectivity index (χ4v) is 2.81. The summed E-state index contributed by atoms with van der Waals surface area (Å²) >= 11 is 0. The first-order valence-corrected chi connectivity index (χ1v) is 7.26. The molecule has 116 valence electrons. The van der Waals surface area contributed by atoms with Crippen molar-refractivity contribution in [2.24, 2.45) is 7.05 Å². The summed E-state index contributed by atoms with van der Waals surface area (Å²) in [4.78, 5) is 12.8. The molecule has 6 nitrogen and oxygen atoms in total. The van der Waals surface area contributed by atoms with Crippen LogP contribution in [0.4, 0.5) is 5.82 Å². The van der Waals surface area contributed by atoms with Crippen molar-refractivity contribution in [2.45, 2.75) is 32.3 Å². The Morgan fingerprint density at radius 2 is 2.33 bits per heavy atom. The molecule has 1 atom stereocenters. The molecule has 1 fully saturated rings. The number of carbonyl (C=O) groups is 1. The van der Waals surface area contributed by atoms with Gasteiger partial charge < -0.3 is 14.7 Å². The van der Waals surface area contributed by atoms with Crippen LogP contribution in [0.5, 0.6) is 0 Å². The van der Waals surface area contributed by atoms with Crippen LogP contribution in [-0.2, 0) is 16.6 Å². The standard InChI is InChI=1S/C15H23N3O3/c1-11-13(7-8-14(19)20)15(18(3)16-11)17(2)10-12-6-4-5-9-21-12/h7-8,12H,4-6,9-10H2,1-3H3,(H,19,20). The van der Waals surface area contributed by atoms with Gasteiger partial charge in [0.2, 0.25) is 0 Å². The third-order valence-corrected chi connectivity index (χ3v) is 3.74. The van der Waals surface area contributed by atoms with E-state index in [0.29, 0.717) is 0 Å². The number of nitrogens with zero attached hydrogens (tertiary/aromatic N) is 3. The fraction of sp³-hybridized carbons (Fsp3) is 0.600. The largest absolute Gasteiger partial charge is 0.478 e. The van der Waals surface area contributed by atoms with E-state index < -0.39 is 5.97 Å². The molecule has 2 heterocycles. The highest BCUT2D eigenvalue weighted by Crippen LogP contribution is 2.25. The first kappa shape index (κ1) is 15.6. The lowest BCUT2D eigenvalue weighted by Crippen LogP contribution is -2.34. The van der Waals surface area contributed by atoms with Crippen LogP contribution in [0.2, 0.25) is 0 Å². The van der Waals surface area contributed by atoms with Crippen LogP contribution in [0.25, 0.3) is 6.08 Å². The predicted octanol–water partition coefficient (Wildman–Crippen LogP) is 1.83. The van der Waals surface area contributed by atoms with Crippen molar-refractivity contribution in [1.29, 1.82) is 0 Å². The maximum Gasteiger partial charge on any atom is 0.328 e. The lowest BCUT2D eigenvalue weighted by atomic mass is 10.1. The number of aryl methyl sites for hydroxylation is 2. The molecule has 1 saturated heterocycles. The van der Waals surface area contributed by atoms with E-state index in [4.69, 9.17) is 9.84 Å². The Labute approximate surface area is 125 Å². The summed E-state index contributed by atoms with van der Waals surface area (Å²) in [6.45, 7) is 3.50. The molecular formula is C15H23N3O3. The second-order valence-corrected chi connectivity index (χ2v) is 5.49. The zero-order chi connectivity index (χ0) is 15.4. The van der Waals surface area contributed by atoms with Crippen LogP contribution >= 0.6 is 0 Å². The lowest BCUT2D eigenvalue weighted by Gasteiger charge is -2.29. The van der Waals surface area contributed by atoms with Crippen molar-refractivity contribution in [2.75, 3.05) is 25.1 Å². The minimum atomic E-state index is -0.956. The van der Waals surface area contributed by atoms with E-state index in [0.717, 1.165) is 49.1 Å². The highest BCUT2D eigenvalue weighted by Gasteiger charge is 2.20. The molecule has 1 N–H and O–H groups in total. The van der Waals surface area contributed by atoms with Gasteiger partial charge in [-0.05, 0) is 32.3 Å². The molecule has 1 aliphatic heterocycles. The first-order valence-electron chi connectivity index (χ1n) is 7.26. The highest BCUT2D eigenvalue weighted by molar-refractivity contribution is 5.87. The van der Waals surface area contributed by atoms with Crippen LogP contribution in [0.15, 0.2) is 6.08 Å². The molecule has 0 aliphatic carbocycles. The summed E-state index contributed by atoms with van der Waals surface area (Å²) in [5.41, 5.74) is 1.67. The molecule has 0 radical (unpaired) electrons. The van der Waals surface area contributed by atoms with Crippen LogP contribution in [0.1, 0.15) is 30.5 Å². The predicted molar refractivity (Wildman–Crippen MR) is 81.5 cm³/mol. The second-order valence-electron chi connectivity index (χ2n) is 5.49. The molecule has 0 amide bonds. The van der Waals surface area contributed by atoms with Gasteiger partial charge in [0.1, 0.15) is 5.82 Å². The Bertz CT molecular complexity index is 531. The number of anilines is 1. The van der Waals surface area contributed by atoms with Crippen LogP contribution in [-0.4, -0.2) is 47.2 Å². The zero-order valence-corrected chi connectivity index (χ0v) is 12.9.